The zero-order valence-corrected chi connectivity index (χ0v) is 20.6. The van der Waals surface area contributed by atoms with Crippen LogP contribution in [0, 0.1) is 0 Å². The number of aromatic nitrogens is 5. The third-order valence-electron chi connectivity index (χ3n) is 6.16. The van der Waals surface area contributed by atoms with Crippen molar-refractivity contribution in [3.63, 3.8) is 0 Å². The van der Waals surface area contributed by atoms with E-state index < -0.39 is 0 Å². The molecule has 2 amide bonds. The number of fused-ring (bicyclic) bond motifs is 1. The van der Waals surface area contributed by atoms with E-state index >= 15 is 0 Å². The van der Waals surface area contributed by atoms with Gasteiger partial charge in [-0.15, -0.1) is 0 Å². The van der Waals surface area contributed by atoms with Crippen molar-refractivity contribution >= 4 is 28.8 Å². The molecule has 3 aromatic heterocycles. The molecule has 4 aromatic rings. The van der Waals surface area contributed by atoms with E-state index in [-0.39, 0.29) is 6.03 Å². The smallest absolute Gasteiger partial charge is 0.319 e. The number of nitrogens with one attached hydrogen (secondary N) is 2. The Bertz CT molecular complexity index is 1360. The van der Waals surface area contributed by atoms with Crippen LogP contribution in [0.5, 0.6) is 5.75 Å². The van der Waals surface area contributed by atoms with Crippen molar-refractivity contribution in [2.75, 3.05) is 52.7 Å². The first-order chi connectivity index (χ1) is 17.5. The van der Waals surface area contributed by atoms with Crippen molar-refractivity contribution in [1.29, 1.82) is 0 Å². The van der Waals surface area contributed by atoms with Gasteiger partial charge in [-0.25, -0.2) is 24.7 Å². The SMILES string of the molecule is COc1cncnc1-c1ccc2nc(Nc3cc(CN4CCN(C(=O)N(C)C)CC4)ccn3)[nH]c2c1. The normalized spacial score (nSPS) is 14.1. The topological polar surface area (TPSA) is 115 Å². The molecule has 4 heterocycles. The van der Waals surface area contributed by atoms with Crippen molar-refractivity contribution in [2.45, 2.75) is 6.54 Å². The van der Waals surface area contributed by atoms with E-state index in [0.29, 0.717) is 17.5 Å². The second-order valence-electron chi connectivity index (χ2n) is 8.87. The lowest BCUT2D eigenvalue weighted by Gasteiger charge is -2.35. The Hall–Kier alpha value is -4.25. The number of benzene rings is 1. The predicted molar refractivity (Wildman–Crippen MR) is 137 cm³/mol. The number of carbonyl (C=O) groups is 1. The van der Waals surface area contributed by atoms with Crippen molar-refractivity contribution in [3.8, 4) is 17.0 Å². The molecule has 36 heavy (non-hydrogen) atoms. The average molecular weight is 488 g/mol. The summed E-state index contributed by atoms with van der Waals surface area (Å²) in [5.74, 6) is 1.93. The highest BCUT2D eigenvalue weighted by Crippen LogP contribution is 2.29. The molecule has 1 aliphatic heterocycles. The van der Waals surface area contributed by atoms with Gasteiger partial charge in [0.1, 0.15) is 17.8 Å². The van der Waals surface area contributed by atoms with Crippen LogP contribution in [0.2, 0.25) is 0 Å². The number of anilines is 2. The maximum atomic E-state index is 12.2. The van der Waals surface area contributed by atoms with E-state index in [0.717, 1.165) is 60.6 Å². The van der Waals surface area contributed by atoms with E-state index in [1.807, 2.05) is 35.2 Å². The number of rotatable bonds is 6. The minimum Gasteiger partial charge on any atom is -0.493 e. The van der Waals surface area contributed by atoms with E-state index in [9.17, 15) is 4.79 Å². The number of imidazole rings is 1. The lowest BCUT2D eigenvalue weighted by atomic mass is 10.1. The lowest BCUT2D eigenvalue weighted by molar-refractivity contribution is 0.120. The maximum absolute atomic E-state index is 12.2. The Labute approximate surface area is 209 Å². The van der Waals surface area contributed by atoms with Gasteiger partial charge in [-0.3, -0.25) is 4.90 Å². The molecular formula is C25H29N9O2. The van der Waals surface area contributed by atoms with Crippen LogP contribution in [-0.2, 0) is 6.54 Å². The van der Waals surface area contributed by atoms with Crippen LogP contribution >= 0.6 is 0 Å². The monoisotopic (exact) mass is 487 g/mol. The first-order valence-corrected chi connectivity index (χ1v) is 11.7. The Kier molecular flexibility index (Phi) is 6.63. The van der Waals surface area contributed by atoms with Gasteiger partial charge in [-0.1, -0.05) is 6.07 Å². The van der Waals surface area contributed by atoms with Crippen LogP contribution < -0.4 is 10.1 Å². The number of methoxy groups -OCH3 is 1. The highest BCUT2D eigenvalue weighted by molar-refractivity contribution is 5.84. The number of hydrogen-bond acceptors (Lipinski definition) is 8. The fourth-order valence-electron chi connectivity index (χ4n) is 4.30. The number of nitrogens with zero attached hydrogens (tertiary/aromatic N) is 7. The fourth-order valence-corrected chi connectivity index (χ4v) is 4.30. The summed E-state index contributed by atoms with van der Waals surface area (Å²) in [6, 6.07) is 10.0. The minimum atomic E-state index is 0.0687. The highest BCUT2D eigenvalue weighted by atomic mass is 16.5. The van der Waals surface area contributed by atoms with Crippen molar-refractivity contribution in [1.82, 2.24) is 39.6 Å². The van der Waals surface area contributed by atoms with Crippen molar-refractivity contribution in [3.05, 3.63) is 54.6 Å². The number of pyridine rings is 1. The number of H-pyrrole nitrogens is 1. The molecule has 5 rings (SSSR count). The van der Waals surface area contributed by atoms with Crippen molar-refractivity contribution < 1.29 is 9.53 Å². The molecule has 1 fully saturated rings. The van der Waals surface area contributed by atoms with E-state index in [1.54, 1.807) is 38.5 Å². The van der Waals surface area contributed by atoms with Gasteiger partial charge in [0.25, 0.3) is 0 Å². The summed E-state index contributed by atoms with van der Waals surface area (Å²) in [4.78, 5) is 38.8. The summed E-state index contributed by atoms with van der Waals surface area (Å²) in [5, 5.41) is 3.28. The zero-order chi connectivity index (χ0) is 25.1. The fraction of sp³-hybridized carbons (Fsp3) is 0.320. The molecular weight excluding hydrogens is 458 g/mol. The first kappa shape index (κ1) is 23.5. The second kappa shape index (κ2) is 10.2. The maximum Gasteiger partial charge on any atom is 0.319 e. The second-order valence-corrected chi connectivity index (χ2v) is 8.87. The summed E-state index contributed by atoms with van der Waals surface area (Å²) in [5.41, 5.74) is 4.48. The summed E-state index contributed by atoms with van der Waals surface area (Å²) < 4.78 is 5.39. The molecule has 2 N–H and O–H groups in total. The highest BCUT2D eigenvalue weighted by Gasteiger charge is 2.22. The Morgan fingerprint density at radius 3 is 2.75 bits per heavy atom. The average Bonchev–Trinajstić information content (AvgIpc) is 3.30. The molecule has 0 atom stereocenters. The minimum absolute atomic E-state index is 0.0687. The van der Waals surface area contributed by atoms with Crippen LogP contribution in [-0.4, -0.2) is 93.0 Å². The van der Waals surface area contributed by atoms with Gasteiger partial charge in [-0.05, 0) is 29.8 Å². The molecule has 0 unspecified atom stereocenters. The van der Waals surface area contributed by atoms with Gasteiger partial charge in [0.05, 0.1) is 24.3 Å². The molecule has 1 aromatic carbocycles. The number of amides is 2. The van der Waals surface area contributed by atoms with E-state index in [1.165, 1.54) is 6.33 Å². The molecule has 0 radical (unpaired) electrons. The molecule has 11 nitrogen and oxygen atoms in total. The van der Waals surface area contributed by atoms with Crippen LogP contribution in [0.3, 0.4) is 0 Å². The van der Waals surface area contributed by atoms with E-state index in [2.05, 4.69) is 35.1 Å². The number of ether oxygens (including phenoxy) is 1. The van der Waals surface area contributed by atoms with Gasteiger partial charge in [0.15, 0.2) is 5.75 Å². The van der Waals surface area contributed by atoms with Gasteiger partial charge in [-0.2, -0.15) is 0 Å². The largest absolute Gasteiger partial charge is 0.493 e. The molecule has 1 saturated heterocycles. The summed E-state index contributed by atoms with van der Waals surface area (Å²) >= 11 is 0. The molecule has 0 aliphatic carbocycles. The van der Waals surface area contributed by atoms with Gasteiger partial charge in [0.2, 0.25) is 5.95 Å². The number of carbonyl (C=O) groups excluding carboxylic acids is 1. The number of hydrogen-bond donors (Lipinski definition) is 2. The molecule has 186 valence electrons. The van der Waals surface area contributed by atoms with Gasteiger partial charge < -0.3 is 24.8 Å². The number of urea groups is 1. The van der Waals surface area contributed by atoms with Crippen LogP contribution in [0.25, 0.3) is 22.3 Å². The molecule has 11 heteroatoms. The third kappa shape index (κ3) is 5.05. The molecule has 1 aliphatic rings. The van der Waals surface area contributed by atoms with Gasteiger partial charge in [0, 0.05) is 58.6 Å². The first-order valence-electron chi connectivity index (χ1n) is 11.7. The molecule has 0 saturated carbocycles. The van der Waals surface area contributed by atoms with Crippen LogP contribution in [0.4, 0.5) is 16.6 Å². The Morgan fingerprint density at radius 2 is 1.97 bits per heavy atom. The lowest BCUT2D eigenvalue weighted by Crippen LogP contribution is -2.51. The van der Waals surface area contributed by atoms with E-state index in [4.69, 9.17) is 4.74 Å². The van der Waals surface area contributed by atoms with Crippen molar-refractivity contribution in [2.24, 2.45) is 0 Å². The number of aromatic amines is 1. The van der Waals surface area contributed by atoms with Crippen LogP contribution in [0.15, 0.2) is 49.1 Å². The Morgan fingerprint density at radius 1 is 1.14 bits per heavy atom. The number of piperazine rings is 1. The Balaban J connectivity index is 1.26. The summed E-state index contributed by atoms with van der Waals surface area (Å²) in [6.07, 6.45) is 4.95. The van der Waals surface area contributed by atoms with Gasteiger partial charge >= 0.3 is 6.03 Å². The predicted octanol–water partition coefficient (Wildman–Crippen LogP) is 2.97. The molecule has 0 spiro atoms. The molecule has 0 bridgehead atoms. The third-order valence-corrected chi connectivity index (χ3v) is 6.16. The van der Waals surface area contributed by atoms with Crippen LogP contribution in [0.1, 0.15) is 5.56 Å². The summed E-state index contributed by atoms with van der Waals surface area (Å²) in [6.45, 7) is 3.94. The zero-order valence-electron chi connectivity index (χ0n) is 20.6. The summed E-state index contributed by atoms with van der Waals surface area (Å²) in [7, 11) is 5.18. The quantitative estimate of drug-likeness (QED) is 0.427. The standard InChI is InChI=1S/C25H29N9O2/c1-32(2)25(35)34-10-8-33(9-11-34)15-17-6-7-27-22(12-17)31-24-29-19-5-4-18(13-20(19)30-24)23-21(36-3)14-26-16-28-23/h4-7,12-14,16H,8-11,15H2,1-3H3,(H2,27,29,30,31).